The number of aliphatic hydroxyl groups is 1. The van der Waals surface area contributed by atoms with Crippen LogP contribution in [0.4, 0.5) is 11.4 Å². The van der Waals surface area contributed by atoms with Crippen LogP contribution < -0.4 is 10.6 Å². The lowest BCUT2D eigenvalue weighted by atomic mass is 10.1. The topological polar surface area (TPSA) is 49.5 Å². The molecule has 1 heterocycles. The first-order chi connectivity index (χ1) is 7.31. The van der Waals surface area contributed by atoms with Crippen molar-refractivity contribution >= 4 is 11.4 Å². The molecule has 0 aliphatic carbocycles. The summed E-state index contributed by atoms with van der Waals surface area (Å²) in [6, 6.07) is 6.15. The molecule has 3 heteroatoms. The fraction of sp³-hybridized carbons (Fsp3) is 0.500. The minimum absolute atomic E-state index is 0.289. The second kappa shape index (κ2) is 4.53. The highest BCUT2D eigenvalue weighted by Gasteiger charge is 2.18. The smallest absolute Gasteiger partial charge is 0.0431 e. The summed E-state index contributed by atoms with van der Waals surface area (Å²) in [5.41, 5.74) is 9.30. The van der Waals surface area contributed by atoms with Crippen LogP contribution in [0.2, 0.25) is 0 Å². The van der Waals surface area contributed by atoms with E-state index in [1.54, 1.807) is 0 Å². The van der Waals surface area contributed by atoms with Gasteiger partial charge in [-0.3, -0.25) is 0 Å². The predicted molar refractivity (Wildman–Crippen MR) is 63.1 cm³/mol. The fourth-order valence-corrected chi connectivity index (χ4v) is 2.11. The summed E-state index contributed by atoms with van der Waals surface area (Å²) >= 11 is 0. The van der Waals surface area contributed by atoms with E-state index >= 15 is 0 Å². The third-order valence-electron chi connectivity index (χ3n) is 2.94. The molecule has 15 heavy (non-hydrogen) atoms. The van der Waals surface area contributed by atoms with E-state index in [9.17, 15) is 0 Å². The maximum Gasteiger partial charge on any atom is 0.0431 e. The van der Waals surface area contributed by atoms with Crippen LogP contribution in [-0.2, 0) is 6.42 Å². The molecule has 0 saturated carbocycles. The zero-order chi connectivity index (χ0) is 10.7. The molecule has 0 bridgehead atoms. The second-order valence-corrected chi connectivity index (χ2v) is 4.06. The van der Waals surface area contributed by atoms with Gasteiger partial charge in [-0.05, 0) is 37.0 Å². The molecule has 0 radical (unpaired) electrons. The highest BCUT2D eigenvalue weighted by Crippen LogP contribution is 2.29. The molecule has 1 aliphatic rings. The van der Waals surface area contributed by atoms with Crippen molar-refractivity contribution in [3.8, 4) is 0 Å². The van der Waals surface area contributed by atoms with Crippen molar-refractivity contribution in [2.75, 3.05) is 30.3 Å². The summed E-state index contributed by atoms with van der Waals surface area (Å²) in [5.74, 6) is 0. The first-order valence-electron chi connectivity index (χ1n) is 5.55. The number of benzene rings is 1. The van der Waals surface area contributed by atoms with Crippen molar-refractivity contribution in [1.29, 1.82) is 0 Å². The van der Waals surface area contributed by atoms with Gasteiger partial charge in [0.25, 0.3) is 0 Å². The van der Waals surface area contributed by atoms with E-state index < -0.39 is 0 Å². The lowest BCUT2D eigenvalue weighted by molar-refractivity contribution is 0.285. The van der Waals surface area contributed by atoms with Crippen molar-refractivity contribution in [3.63, 3.8) is 0 Å². The Labute approximate surface area is 90.5 Å². The number of unbranched alkanes of at least 4 members (excludes halogenated alkanes) is 1. The number of rotatable bonds is 4. The van der Waals surface area contributed by atoms with Crippen LogP contribution >= 0.6 is 0 Å². The van der Waals surface area contributed by atoms with Gasteiger partial charge in [-0.25, -0.2) is 0 Å². The van der Waals surface area contributed by atoms with Gasteiger partial charge in [-0.1, -0.05) is 6.07 Å². The SMILES string of the molecule is Nc1ccc2c(c1)N(CCCCO)CC2. The van der Waals surface area contributed by atoms with E-state index in [1.807, 2.05) is 6.07 Å². The van der Waals surface area contributed by atoms with E-state index in [0.29, 0.717) is 0 Å². The van der Waals surface area contributed by atoms with Crippen LogP contribution in [0.3, 0.4) is 0 Å². The zero-order valence-electron chi connectivity index (χ0n) is 8.95. The summed E-state index contributed by atoms with van der Waals surface area (Å²) in [4.78, 5) is 2.36. The average molecular weight is 206 g/mol. The molecule has 3 N–H and O–H groups in total. The van der Waals surface area contributed by atoms with Gasteiger partial charge >= 0.3 is 0 Å². The number of hydrogen-bond acceptors (Lipinski definition) is 3. The van der Waals surface area contributed by atoms with Crippen molar-refractivity contribution in [2.45, 2.75) is 19.3 Å². The lowest BCUT2D eigenvalue weighted by Crippen LogP contribution is -2.21. The Hall–Kier alpha value is -1.22. The fourth-order valence-electron chi connectivity index (χ4n) is 2.11. The Bertz CT molecular complexity index is 338. The molecule has 1 aromatic rings. The van der Waals surface area contributed by atoms with E-state index in [0.717, 1.165) is 38.0 Å². The van der Waals surface area contributed by atoms with Gasteiger partial charge in [-0.2, -0.15) is 0 Å². The number of fused-ring (bicyclic) bond motifs is 1. The van der Waals surface area contributed by atoms with Crippen LogP contribution in [0.25, 0.3) is 0 Å². The van der Waals surface area contributed by atoms with Crippen molar-refractivity contribution in [2.24, 2.45) is 0 Å². The van der Waals surface area contributed by atoms with Gasteiger partial charge in [0.05, 0.1) is 0 Å². The molecule has 0 amide bonds. The summed E-state index contributed by atoms with van der Waals surface area (Å²) in [6.45, 7) is 2.40. The number of nitrogens with zero attached hydrogens (tertiary/aromatic N) is 1. The second-order valence-electron chi connectivity index (χ2n) is 4.06. The van der Waals surface area contributed by atoms with Crippen LogP contribution in [0.1, 0.15) is 18.4 Å². The molecule has 0 unspecified atom stereocenters. The van der Waals surface area contributed by atoms with Crippen LogP contribution in [0, 0.1) is 0 Å². The Morgan fingerprint density at radius 2 is 2.20 bits per heavy atom. The minimum Gasteiger partial charge on any atom is -0.399 e. The third-order valence-corrected chi connectivity index (χ3v) is 2.94. The van der Waals surface area contributed by atoms with E-state index in [-0.39, 0.29) is 6.61 Å². The molecule has 0 fully saturated rings. The first-order valence-corrected chi connectivity index (χ1v) is 5.55. The van der Waals surface area contributed by atoms with Crippen LogP contribution in [0.5, 0.6) is 0 Å². The molecule has 82 valence electrons. The van der Waals surface area contributed by atoms with Crippen LogP contribution in [0.15, 0.2) is 18.2 Å². The van der Waals surface area contributed by atoms with Gasteiger partial charge in [-0.15, -0.1) is 0 Å². The summed E-state index contributed by atoms with van der Waals surface area (Å²) in [6.07, 6.45) is 3.05. The minimum atomic E-state index is 0.289. The third kappa shape index (κ3) is 2.23. The summed E-state index contributed by atoms with van der Waals surface area (Å²) in [7, 11) is 0. The molecule has 0 aromatic heterocycles. The van der Waals surface area contributed by atoms with Crippen molar-refractivity contribution < 1.29 is 5.11 Å². The van der Waals surface area contributed by atoms with Crippen molar-refractivity contribution in [3.05, 3.63) is 23.8 Å². The molecule has 0 saturated heterocycles. The number of anilines is 2. The van der Waals surface area contributed by atoms with Crippen molar-refractivity contribution in [1.82, 2.24) is 0 Å². The van der Waals surface area contributed by atoms with Gasteiger partial charge in [0.1, 0.15) is 0 Å². The van der Waals surface area contributed by atoms with Gasteiger partial charge in [0, 0.05) is 31.1 Å². The van der Waals surface area contributed by atoms with E-state index in [4.69, 9.17) is 10.8 Å². The quantitative estimate of drug-likeness (QED) is 0.578. The number of nitrogen functional groups attached to an aromatic ring is 1. The number of hydrogen-bond donors (Lipinski definition) is 2. The molecule has 2 rings (SSSR count). The van der Waals surface area contributed by atoms with E-state index in [1.165, 1.54) is 11.3 Å². The highest BCUT2D eigenvalue weighted by atomic mass is 16.2. The van der Waals surface area contributed by atoms with Gasteiger partial charge < -0.3 is 15.7 Å². The zero-order valence-corrected chi connectivity index (χ0v) is 8.95. The maximum absolute atomic E-state index is 8.74. The van der Waals surface area contributed by atoms with E-state index in [2.05, 4.69) is 17.0 Å². The standard InChI is InChI=1S/C12H18N2O/c13-11-4-3-10-5-7-14(12(10)9-11)6-1-2-8-15/h3-4,9,15H,1-2,5-8,13H2. The Morgan fingerprint density at radius 1 is 1.33 bits per heavy atom. The molecule has 1 aliphatic heterocycles. The average Bonchev–Trinajstić information content (AvgIpc) is 2.62. The van der Waals surface area contributed by atoms with Crippen LogP contribution in [-0.4, -0.2) is 24.8 Å². The number of aliphatic hydroxyl groups excluding tert-OH is 1. The summed E-state index contributed by atoms with van der Waals surface area (Å²) < 4.78 is 0. The Kier molecular flexibility index (Phi) is 3.11. The Balaban J connectivity index is 2.03. The highest BCUT2D eigenvalue weighted by molar-refractivity contribution is 5.64. The lowest BCUT2D eigenvalue weighted by Gasteiger charge is -2.19. The first kappa shape index (κ1) is 10.3. The van der Waals surface area contributed by atoms with Gasteiger partial charge in [0.2, 0.25) is 0 Å². The molecule has 0 spiro atoms. The normalized spacial score (nSPS) is 14.3. The molecular formula is C12H18N2O. The number of nitrogens with two attached hydrogens (primary N) is 1. The molecule has 3 nitrogen and oxygen atoms in total. The van der Waals surface area contributed by atoms with Gasteiger partial charge in [0.15, 0.2) is 0 Å². The Morgan fingerprint density at radius 3 is 3.00 bits per heavy atom. The summed E-state index contributed by atoms with van der Waals surface area (Å²) in [5, 5.41) is 8.74. The largest absolute Gasteiger partial charge is 0.399 e. The molecule has 1 aromatic carbocycles. The maximum atomic E-state index is 8.74. The molecular weight excluding hydrogens is 188 g/mol. The molecule has 0 atom stereocenters. The monoisotopic (exact) mass is 206 g/mol. The predicted octanol–water partition coefficient (Wildman–Crippen LogP) is 1.40.